The van der Waals surface area contributed by atoms with Crippen LogP contribution in [-0.4, -0.2) is 12.5 Å². The number of carbonyl (C=O) groups is 1. The molecule has 1 aromatic rings. The first-order valence-corrected chi connectivity index (χ1v) is 6.93. The zero-order valence-corrected chi connectivity index (χ0v) is 11.6. The molecule has 96 valence electrons. The fourth-order valence-electron chi connectivity index (χ4n) is 1.67. The SMILES string of the molecule is Cc1ccc(C(C)NC(=O)C(C)CCCN)s1. The van der Waals surface area contributed by atoms with Gasteiger partial charge in [0.15, 0.2) is 0 Å². The van der Waals surface area contributed by atoms with Gasteiger partial charge in [-0.25, -0.2) is 0 Å². The zero-order valence-electron chi connectivity index (χ0n) is 10.8. The van der Waals surface area contributed by atoms with Gasteiger partial charge in [0.2, 0.25) is 5.91 Å². The third kappa shape index (κ3) is 4.48. The maximum Gasteiger partial charge on any atom is 0.223 e. The lowest BCUT2D eigenvalue weighted by molar-refractivity contribution is -0.125. The molecular weight excluding hydrogens is 232 g/mol. The van der Waals surface area contributed by atoms with Crippen molar-refractivity contribution < 1.29 is 4.79 Å². The molecule has 3 nitrogen and oxygen atoms in total. The Morgan fingerprint density at radius 1 is 1.47 bits per heavy atom. The second-order valence-corrected chi connectivity index (χ2v) is 5.83. The molecule has 0 fully saturated rings. The van der Waals surface area contributed by atoms with Gasteiger partial charge in [-0.15, -0.1) is 11.3 Å². The van der Waals surface area contributed by atoms with Crippen LogP contribution in [0.3, 0.4) is 0 Å². The lowest BCUT2D eigenvalue weighted by Gasteiger charge is -2.16. The standard InChI is InChI=1S/C13H22N2OS/c1-9(5-4-8-14)13(16)15-11(3)12-7-6-10(2)17-12/h6-7,9,11H,4-5,8,14H2,1-3H3,(H,15,16). The molecule has 1 amide bonds. The van der Waals surface area contributed by atoms with Crippen LogP contribution >= 0.6 is 11.3 Å². The number of thiophene rings is 1. The molecule has 1 aromatic heterocycles. The average Bonchev–Trinajstić information content (AvgIpc) is 2.72. The Bertz CT molecular complexity index is 362. The third-order valence-electron chi connectivity index (χ3n) is 2.84. The van der Waals surface area contributed by atoms with Crippen molar-refractivity contribution in [2.75, 3.05) is 6.54 Å². The van der Waals surface area contributed by atoms with Crippen molar-refractivity contribution in [1.82, 2.24) is 5.32 Å². The van der Waals surface area contributed by atoms with Crippen molar-refractivity contribution in [2.24, 2.45) is 11.7 Å². The highest BCUT2D eigenvalue weighted by Gasteiger charge is 2.16. The Morgan fingerprint density at radius 2 is 2.18 bits per heavy atom. The van der Waals surface area contributed by atoms with Crippen LogP contribution in [0.2, 0.25) is 0 Å². The summed E-state index contributed by atoms with van der Waals surface area (Å²) in [6.45, 7) is 6.71. The number of carbonyl (C=O) groups excluding carboxylic acids is 1. The van der Waals surface area contributed by atoms with Gasteiger partial charge in [0.05, 0.1) is 6.04 Å². The highest BCUT2D eigenvalue weighted by molar-refractivity contribution is 7.12. The van der Waals surface area contributed by atoms with Crippen LogP contribution in [0.4, 0.5) is 0 Å². The van der Waals surface area contributed by atoms with Crippen LogP contribution in [0, 0.1) is 12.8 Å². The van der Waals surface area contributed by atoms with Gasteiger partial charge < -0.3 is 11.1 Å². The first kappa shape index (κ1) is 14.2. The molecule has 0 saturated carbocycles. The van der Waals surface area contributed by atoms with E-state index >= 15 is 0 Å². The number of amides is 1. The Kier molecular flexibility index (Phi) is 5.65. The lowest BCUT2D eigenvalue weighted by atomic mass is 10.0. The normalized spacial score (nSPS) is 14.4. The number of aryl methyl sites for hydroxylation is 1. The third-order valence-corrected chi connectivity index (χ3v) is 4.02. The van der Waals surface area contributed by atoms with E-state index in [9.17, 15) is 4.79 Å². The predicted molar refractivity (Wildman–Crippen MR) is 73.1 cm³/mol. The second kappa shape index (κ2) is 6.77. The van der Waals surface area contributed by atoms with Crippen molar-refractivity contribution in [3.05, 3.63) is 21.9 Å². The van der Waals surface area contributed by atoms with Crippen molar-refractivity contribution in [1.29, 1.82) is 0 Å². The van der Waals surface area contributed by atoms with E-state index in [0.717, 1.165) is 12.8 Å². The summed E-state index contributed by atoms with van der Waals surface area (Å²) in [5.74, 6) is 0.166. The summed E-state index contributed by atoms with van der Waals surface area (Å²) in [6.07, 6.45) is 1.76. The summed E-state index contributed by atoms with van der Waals surface area (Å²) in [7, 11) is 0. The summed E-state index contributed by atoms with van der Waals surface area (Å²) in [4.78, 5) is 14.4. The van der Waals surface area contributed by atoms with E-state index in [2.05, 4.69) is 24.4 Å². The molecule has 4 heteroatoms. The maximum atomic E-state index is 11.9. The molecule has 2 unspecified atom stereocenters. The molecule has 17 heavy (non-hydrogen) atoms. The zero-order chi connectivity index (χ0) is 12.8. The lowest BCUT2D eigenvalue weighted by Crippen LogP contribution is -2.31. The molecule has 3 N–H and O–H groups in total. The summed E-state index contributed by atoms with van der Waals surface area (Å²) in [6, 6.07) is 4.26. The smallest absolute Gasteiger partial charge is 0.223 e. The monoisotopic (exact) mass is 254 g/mol. The average molecular weight is 254 g/mol. The second-order valence-electron chi connectivity index (χ2n) is 4.51. The Balaban J connectivity index is 2.45. The van der Waals surface area contributed by atoms with Gasteiger partial charge in [0.1, 0.15) is 0 Å². The van der Waals surface area contributed by atoms with E-state index in [1.165, 1.54) is 9.75 Å². The van der Waals surface area contributed by atoms with Crippen LogP contribution in [-0.2, 0) is 4.79 Å². The Hall–Kier alpha value is -0.870. The largest absolute Gasteiger partial charge is 0.349 e. The van der Waals surface area contributed by atoms with E-state index in [4.69, 9.17) is 5.73 Å². The van der Waals surface area contributed by atoms with Crippen LogP contribution in [0.1, 0.15) is 42.5 Å². The minimum Gasteiger partial charge on any atom is -0.349 e. The Labute approximate surface area is 107 Å². The quantitative estimate of drug-likeness (QED) is 0.820. The van der Waals surface area contributed by atoms with Gasteiger partial charge in [0.25, 0.3) is 0 Å². The fraction of sp³-hybridized carbons (Fsp3) is 0.615. The molecule has 0 saturated heterocycles. The summed E-state index contributed by atoms with van der Waals surface area (Å²) in [5, 5.41) is 3.05. The van der Waals surface area contributed by atoms with E-state index in [0.29, 0.717) is 6.54 Å². The molecule has 0 aliphatic rings. The first-order valence-electron chi connectivity index (χ1n) is 6.11. The van der Waals surface area contributed by atoms with Gasteiger partial charge in [0, 0.05) is 15.7 Å². The van der Waals surface area contributed by atoms with Crippen LogP contribution in [0.15, 0.2) is 12.1 Å². The minimum atomic E-state index is 0.0436. The molecule has 0 aliphatic carbocycles. The molecular formula is C13H22N2OS. The van der Waals surface area contributed by atoms with Crippen LogP contribution in [0.5, 0.6) is 0 Å². The minimum absolute atomic E-state index is 0.0436. The maximum absolute atomic E-state index is 11.9. The van der Waals surface area contributed by atoms with Crippen molar-refractivity contribution in [3.63, 3.8) is 0 Å². The Morgan fingerprint density at radius 3 is 2.71 bits per heavy atom. The number of nitrogens with one attached hydrogen (secondary N) is 1. The topological polar surface area (TPSA) is 55.1 Å². The van der Waals surface area contributed by atoms with E-state index < -0.39 is 0 Å². The molecule has 0 radical (unpaired) electrons. The molecule has 2 atom stereocenters. The number of hydrogen-bond donors (Lipinski definition) is 2. The van der Waals surface area contributed by atoms with E-state index in [1.54, 1.807) is 11.3 Å². The molecule has 1 rings (SSSR count). The van der Waals surface area contributed by atoms with Gasteiger partial charge in [-0.05, 0) is 45.4 Å². The highest BCUT2D eigenvalue weighted by atomic mass is 32.1. The van der Waals surface area contributed by atoms with Crippen LogP contribution in [0.25, 0.3) is 0 Å². The van der Waals surface area contributed by atoms with E-state index in [1.807, 2.05) is 13.8 Å². The molecule has 0 spiro atoms. The predicted octanol–water partition coefficient (Wildman–Crippen LogP) is 2.61. The van der Waals surface area contributed by atoms with Gasteiger partial charge >= 0.3 is 0 Å². The summed E-state index contributed by atoms with van der Waals surface area (Å²) >= 11 is 1.73. The van der Waals surface area contributed by atoms with Gasteiger partial charge in [-0.1, -0.05) is 6.92 Å². The number of hydrogen-bond acceptors (Lipinski definition) is 3. The molecule has 0 bridgehead atoms. The van der Waals surface area contributed by atoms with Crippen molar-refractivity contribution in [3.8, 4) is 0 Å². The van der Waals surface area contributed by atoms with Gasteiger partial charge in [-0.2, -0.15) is 0 Å². The fourth-order valence-corrected chi connectivity index (χ4v) is 2.55. The van der Waals surface area contributed by atoms with Crippen molar-refractivity contribution >= 4 is 17.2 Å². The molecule has 1 heterocycles. The van der Waals surface area contributed by atoms with Crippen molar-refractivity contribution in [2.45, 2.75) is 39.7 Å². The first-order chi connectivity index (χ1) is 8.04. The number of rotatable bonds is 6. The summed E-state index contributed by atoms with van der Waals surface area (Å²) in [5.41, 5.74) is 5.44. The number of nitrogens with two attached hydrogens (primary N) is 1. The molecule has 0 aliphatic heterocycles. The summed E-state index contributed by atoms with van der Waals surface area (Å²) < 4.78 is 0. The van der Waals surface area contributed by atoms with Crippen LogP contribution < -0.4 is 11.1 Å². The van der Waals surface area contributed by atoms with Gasteiger partial charge in [-0.3, -0.25) is 4.79 Å². The highest BCUT2D eigenvalue weighted by Crippen LogP contribution is 2.22. The van der Waals surface area contributed by atoms with E-state index in [-0.39, 0.29) is 17.9 Å². The molecule has 0 aromatic carbocycles.